The highest BCUT2D eigenvalue weighted by atomic mass is 32.2. The van der Waals surface area contributed by atoms with Crippen molar-refractivity contribution in [2.75, 3.05) is 64.4 Å². The van der Waals surface area contributed by atoms with Crippen LogP contribution < -0.4 is 10.2 Å². The molecule has 1 N–H and O–H groups in total. The van der Waals surface area contributed by atoms with E-state index in [1.165, 1.54) is 20.1 Å². The molecule has 0 unspecified atom stereocenters. The lowest BCUT2D eigenvalue weighted by atomic mass is 9.57. The quantitative estimate of drug-likeness (QED) is 0.253. The van der Waals surface area contributed by atoms with Gasteiger partial charge in [-0.1, -0.05) is 25.0 Å². The van der Waals surface area contributed by atoms with E-state index >= 15 is 0 Å². The molecule has 9 nitrogen and oxygen atoms in total. The monoisotopic (exact) mass is 754 g/mol. The Morgan fingerprint density at radius 2 is 1.68 bits per heavy atom. The summed E-state index contributed by atoms with van der Waals surface area (Å²) in [6.07, 6.45) is 6.48. The molecule has 0 aromatic heterocycles. The topological polar surface area (TPSA) is 99.3 Å². The van der Waals surface area contributed by atoms with Gasteiger partial charge in [-0.05, 0) is 111 Å². The fourth-order valence-electron chi connectivity index (χ4n) is 10.2. The normalized spacial score (nSPS) is 24.9. The first-order valence-electron chi connectivity index (χ1n) is 19.7. The van der Waals surface area contributed by atoms with E-state index in [1.54, 1.807) is 18.2 Å². The number of nitrogens with one attached hydrogen (secondary N) is 1. The highest BCUT2D eigenvalue weighted by Crippen LogP contribution is 2.53. The number of amides is 1. The minimum absolute atomic E-state index is 0.0953. The van der Waals surface area contributed by atoms with Crippen LogP contribution in [0.3, 0.4) is 0 Å². The number of piperidine rings is 1. The van der Waals surface area contributed by atoms with Crippen LogP contribution in [0.15, 0.2) is 47.4 Å². The van der Waals surface area contributed by atoms with E-state index in [9.17, 15) is 26.8 Å². The Hall–Kier alpha value is -3.09. The number of likely N-dealkylation sites (tertiary alicyclic amines) is 2. The predicted octanol–water partition coefficient (Wildman–Crippen LogP) is 5.51. The van der Waals surface area contributed by atoms with Gasteiger partial charge in [-0.3, -0.25) is 14.5 Å². The second-order valence-corrected chi connectivity index (χ2v) is 18.8. The van der Waals surface area contributed by atoms with E-state index in [2.05, 4.69) is 15.1 Å². The lowest BCUT2D eigenvalue weighted by Gasteiger charge is -2.51. The van der Waals surface area contributed by atoms with E-state index in [0.29, 0.717) is 56.3 Å². The Morgan fingerprint density at radius 1 is 0.943 bits per heavy atom. The zero-order valence-electron chi connectivity index (χ0n) is 31.3. The maximum Gasteiger partial charge on any atom is 0.305 e. The number of hydrogen-bond donors (Lipinski definition) is 1. The van der Waals surface area contributed by atoms with Crippen LogP contribution in [0.25, 0.3) is 0 Å². The summed E-state index contributed by atoms with van der Waals surface area (Å²) in [5, 5.41) is 2.84. The lowest BCUT2D eigenvalue weighted by molar-refractivity contribution is -0.142. The first kappa shape index (κ1) is 38.2. The molecule has 3 heterocycles. The average molecular weight is 755 g/mol. The number of benzene rings is 2. The fraction of sp³-hybridized carbons (Fsp3) is 0.659. The van der Waals surface area contributed by atoms with Gasteiger partial charge in [-0.25, -0.2) is 17.2 Å². The molecular formula is C41H56F2N4O5S. The molecule has 3 saturated heterocycles. The van der Waals surface area contributed by atoms with Gasteiger partial charge in [0.2, 0.25) is 5.91 Å². The Bertz CT molecular complexity index is 1740. The van der Waals surface area contributed by atoms with Crippen molar-refractivity contribution in [1.29, 1.82) is 0 Å². The van der Waals surface area contributed by atoms with Crippen LogP contribution in [-0.2, 0) is 36.1 Å². The van der Waals surface area contributed by atoms with E-state index < -0.39 is 21.4 Å². The molecule has 2 aromatic carbocycles. The summed E-state index contributed by atoms with van der Waals surface area (Å²) in [6, 6.07) is 12.6. The number of rotatable bonds is 14. The molecule has 2 aliphatic carbocycles. The van der Waals surface area contributed by atoms with Crippen LogP contribution >= 0.6 is 0 Å². The van der Waals surface area contributed by atoms with Gasteiger partial charge in [0.25, 0.3) is 0 Å². The molecule has 12 heteroatoms. The number of halogens is 2. The van der Waals surface area contributed by atoms with E-state index in [4.69, 9.17) is 4.74 Å². The van der Waals surface area contributed by atoms with Gasteiger partial charge in [-0.15, -0.1) is 0 Å². The van der Waals surface area contributed by atoms with Crippen molar-refractivity contribution in [3.63, 3.8) is 0 Å². The molecule has 2 aromatic rings. The Morgan fingerprint density at radius 3 is 2.32 bits per heavy atom. The highest BCUT2D eigenvalue weighted by molar-refractivity contribution is 7.92. The van der Waals surface area contributed by atoms with E-state index in [-0.39, 0.29) is 40.7 Å². The number of anilines is 1. The molecule has 53 heavy (non-hydrogen) atoms. The SMILES string of the molecule is COC(=O)C[C@H]1CCC[C@@H]1[C@](CNC(C)=O)(c1cccc(F)c1)C1CCN(CC2CN(c3ccc(S(=O)(=O)C4CCC4)c(CN4CC(F)C4)c3)C2)CC1. The number of esters is 1. The highest BCUT2D eigenvalue weighted by Gasteiger charge is 2.52. The number of hydrogen-bond acceptors (Lipinski definition) is 8. The summed E-state index contributed by atoms with van der Waals surface area (Å²) in [4.78, 5) is 32.2. The number of alkyl halides is 1. The van der Waals surface area contributed by atoms with Crippen LogP contribution in [0, 0.1) is 29.5 Å². The number of ether oxygens (including phenoxy) is 1. The average Bonchev–Trinajstić information content (AvgIpc) is 3.53. The van der Waals surface area contributed by atoms with Gasteiger partial charge < -0.3 is 19.9 Å². The summed E-state index contributed by atoms with van der Waals surface area (Å²) in [7, 11) is -1.98. The minimum atomic E-state index is -3.40. The second-order valence-electron chi connectivity index (χ2n) is 16.6. The Kier molecular flexibility index (Phi) is 11.5. The predicted molar refractivity (Wildman–Crippen MR) is 201 cm³/mol. The van der Waals surface area contributed by atoms with Crippen LogP contribution in [0.2, 0.25) is 0 Å². The van der Waals surface area contributed by atoms with Crippen molar-refractivity contribution in [1.82, 2.24) is 15.1 Å². The maximum atomic E-state index is 14.9. The lowest BCUT2D eigenvalue weighted by Crippen LogP contribution is -2.56. The van der Waals surface area contributed by atoms with Gasteiger partial charge >= 0.3 is 5.97 Å². The Labute approximate surface area is 313 Å². The van der Waals surface area contributed by atoms with Crippen LogP contribution in [-0.4, -0.2) is 101 Å². The molecule has 3 atom stereocenters. The van der Waals surface area contributed by atoms with Gasteiger partial charge in [0.15, 0.2) is 9.84 Å². The molecule has 5 aliphatic rings. The number of carbonyl (C=O) groups excluding carboxylic acids is 2. The molecule has 0 bridgehead atoms. The molecule has 5 fully saturated rings. The Balaban J connectivity index is 1.03. The standard InChI is InChI=1S/C41H56F2N4O5S/c1-28(48)44-27-41(33-7-4-8-34(42)20-33,38-11-3-6-30(38)19-40(49)52-2)32-14-16-45(17-15-32)21-29-22-47(23-29)36-12-13-39(53(50,51)37-9-5-10-37)31(18-36)24-46-25-35(43)26-46/h4,7-8,12-13,18,20,29-30,32,35,37-38H,3,5-6,9-11,14-17,19,21-27H2,1-2H3,(H,44,48)/t30-,38+,41+/m1/s1. The van der Waals surface area contributed by atoms with Crippen molar-refractivity contribution >= 4 is 27.4 Å². The minimum Gasteiger partial charge on any atom is -0.469 e. The first-order valence-corrected chi connectivity index (χ1v) is 21.3. The number of sulfone groups is 1. The largest absolute Gasteiger partial charge is 0.469 e. The van der Waals surface area contributed by atoms with Crippen molar-refractivity contribution in [2.45, 2.75) is 93.0 Å². The van der Waals surface area contributed by atoms with Crippen molar-refractivity contribution < 1.29 is 31.5 Å². The third kappa shape index (κ3) is 8.01. The molecule has 290 valence electrons. The van der Waals surface area contributed by atoms with E-state index in [0.717, 1.165) is 88.1 Å². The molecule has 1 amide bonds. The smallest absolute Gasteiger partial charge is 0.305 e. The number of carbonyl (C=O) groups is 2. The first-order chi connectivity index (χ1) is 25.5. The number of nitrogens with zero attached hydrogens (tertiary/aromatic N) is 3. The van der Waals surface area contributed by atoms with Gasteiger partial charge in [0.05, 0.1) is 17.3 Å². The van der Waals surface area contributed by atoms with Crippen LogP contribution in [0.5, 0.6) is 0 Å². The van der Waals surface area contributed by atoms with Gasteiger partial charge in [0.1, 0.15) is 12.0 Å². The van der Waals surface area contributed by atoms with Crippen LogP contribution in [0.4, 0.5) is 14.5 Å². The molecule has 3 aliphatic heterocycles. The summed E-state index contributed by atoms with van der Waals surface area (Å²) < 4.78 is 60.6. The summed E-state index contributed by atoms with van der Waals surface area (Å²) >= 11 is 0. The van der Waals surface area contributed by atoms with Crippen molar-refractivity contribution in [3.8, 4) is 0 Å². The maximum absolute atomic E-state index is 14.9. The van der Waals surface area contributed by atoms with Crippen molar-refractivity contribution in [3.05, 3.63) is 59.4 Å². The molecule has 7 rings (SSSR count). The second kappa shape index (κ2) is 15.9. The summed E-state index contributed by atoms with van der Waals surface area (Å²) in [6.45, 7) is 7.61. The fourth-order valence-corrected chi connectivity index (χ4v) is 12.3. The van der Waals surface area contributed by atoms with Gasteiger partial charge in [0, 0.05) is 76.2 Å². The molecular weight excluding hydrogens is 699 g/mol. The third-order valence-electron chi connectivity index (χ3n) is 13.3. The molecule has 2 saturated carbocycles. The summed E-state index contributed by atoms with van der Waals surface area (Å²) in [5.74, 6) is 0.236. The zero-order valence-corrected chi connectivity index (χ0v) is 32.1. The molecule has 0 spiro atoms. The third-order valence-corrected chi connectivity index (χ3v) is 15.6. The van der Waals surface area contributed by atoms with E-state index in [1.807, 2.05) is 23.1 Å². The zero-order chi connectivity index (χ0) is 37.3. The van der Waals surface area contributed by atoms with Crippen molar-refractivity contribution in [2.24, 2.45) is 23.7 Å². The molecule has 0 radical (unpaired) electrons. The van der Waals surface area contributed by atoms with Crippen LogP contribution in [0.1, 0.15) is 75.8 Å². The van der Waals surface area contributed by atoms with Gasteiger partial charge in [-0.2, -0.15) is 0 Å². The number of methoxy groups -OCH3 is 1. The summed E-state index contributed by atoms with van der Waals surface area (Å²) in [5.41, 5.74) is 2.20.